The lowest BCUT2D eigenvalue weighted by Crippen LogP contribution is -2.35. The highest BCUT2D eigenvalue weighted by molar-refractivity contribution is 9.10. The zero-order chi connectivity index (χ0) is 13.8. The number of benzene rings is 1. The normalized spacial score (nSPS) is 14.0. The molecule has 2 rings (SSSR count). The van der Waals surface area contributed by atoms with Crippen molar-refractivity contribution in [2.24, 2.45) is 5.92 Å². The smallest absolute Gasteiger partial charge is 0.254 e. The van der Waals surface area contributed by atoms with E-state index in [2.05, 4.69) is 26.6 Å². The molecule has 0 heterocycles. The van der Waals surface area contributed by atoms with Crippen molar-refractivity contribution in [1.82, 2.24) is 10.6 Å². The molecule has 1 aromatic carbocycles. The molecule has 1 aliphatic rings. The summed E-state index contributed by atoms with van der Waals surface area (Å²) in [5.74, 6) is -0.886. The van der Waals surface area contributed by atoms with Gasteiger partial charge < -0.3 is 10.6 Å². The summed E-state index contributed by atoms with van der Waals surface area (Å²) in [6.45, 7) is 0.639. The first-order valence-corrected chi connectivity index (χ1v) is 6.89. The molecule has 0 bridgehead atoms. The molecule has 6 heteroatoms. The van der Waals surface area contributed by atoms with Gasteiger partial charge in [-0.1, -0.05) is 6.07 Å². The minimum absolute atomic E-state index is 0.0112. The fourth-order valence-electron chi connectivity index (χ4n) is 1.63. The van der Waals surface area contributed by atoms with E-state index in [0.29, 0.717) is 6.54 Å². The van der Waals surface area contributed by atoms with E-state index in [1.54, 1.807) is 6.07 Å². The predicted octanol–water partition coefficient (Wildman–Crippen LogP) is 1.84. The third-order valence-electron chi connectivity index (χ3n) is 2.85. The van der Waals surface area contributed by atoms with Crippen molar-refractivity contribution in [2.75, 3.05) is 13.1 Å². The van der Waals surface area contributed by atoms with Crippen molar-refractivity contribution >= 4 is 27.7 Å². The molecule has 2 N–H and O–H groups in total. The highest BCUT2D eigenvalue weighted by Crippen LogP contribution is 2.28. The van der Waals surface area contributed by atoms with Crippen LogP contribution in [-0.4, -0.2) is 24.9 Å². The zero-order valence-corrected chi connectivity index (χ0v) is 11.8. The molecule has 0 radical (unpaired) electrons. The monoisotopic (exact) mass is 328 g/mol. The fraction of sp³-hybridized carbons (Fsp3) is 0.385. The molecule has 0 aromatic heterocycles. The molecule has 0 unspecified atom stereocenters. The van der Waals surface area contributed by atoms with Crippen molar-refractivity contribution in [1.29, 1.82) is 0 Å². The van der Waals surface area contributed by atoms with Gasteiger partial charge in [0.25, 0.3) is 5.91 Å². The van der Waals surface area contributed by atoms with E-state index < -0.39 is 11.7 Å². The maximum atomic E-state index is 13.6. The highest BCUT2D eigenvalue weighted by atomic mass is 79.9. The Hall–Kier alpha value is -1.43. The van der Waals surface area contributed by atoms with Gasteiger partial charge in [0.1, 0.15) is 5.82 Å². The molecule has 0 aliphatic heterocycles. The number of amides is 2. The molecule has 1 fully saturated rings. The van der Waals surface area contributed by atoms with E-state index in [1.807, 2.05) is 0 Å². The van der Waals surface area contributed by atoms with Gasteiger partial charge in [-0.15, -0.1) is 0 Å². The summed E-state index contributed by atoms with van der Waals surface area (Å²) in [7, 11) is 0. The maximum Gasteiger partial charge on any atom is 0.254 e. The molecule has 1 aliphatic carbocycles. The maximum absolute atomic E-state index is 13.6. The van der Waals surface area contributed by atoms with Gasteiger partial charge in [0, 0.05) is 19.0 Å². The van der Waals surface area contributed by atoms with Crippen LogP contribution in [0, 0.1) is 11.7 Å². The highest BCUT2D eigenvalue weighted by Gasteiger charge is 2.29. The van der Waals surface area contributed by atoms with Crippen LogP contribution in [0.15, 0.2) is 22.7 Å². The Morgan fingerprint density at radius 2 is 1.95 bits per heavy atom. The van der Waals surface area contributed by atoms with Crippen LogP contribution in [0.3, 0.4) is 0 Å². The minimum atomic E-state index is -0.581. The van der Waals surface area contributed by atoms with Gasteiger partial charge in [-0.05, 0) is 40.9 Å². The second-order valence-corrected chi connectivity index (χ2v) is 5.28. The quantitative estimate of drug-likeness (QED) is 0.810. The Kier molecular flexibility index (Phi) is 4.52. The molecule has 1 saturated carbocycles. The Labute approximate surface area is 118 Å². The Balaban J connectivity index is 1.77. The van der Waals surface area contributed by atoms with E-state index in [0.717, 1.165) is 12.8 Å². The van der Waals surface area contributed by atoms with Crippen LogP contribution < -0.4 is 10.6 Å². The summed E-state index contributed by atoms with van der Waals surface area (Å²) in [5.41, 5.74) is -0.0112. The van der Waals surface area contributed by atoms with Gasteiger partial charge in [-0.3, -0.25) is 9.59 Å². The first-order chi connectivity index (χ1) is 9.09. The average Bonchev–Trinajstić information content (AvgIpc) is 3.21. The van der Waals surface area contributed by atoms with Crippen molar-refractivity contribution in [3.63, 3.8) is 0 Å². The van der Waals surface area contributed by atoms with E-state index >= 15 is 0 Å². The zero-order valence-electron chi connectivity index (χ0n) is 10.2. The molecule has 2 amide bonds. The summed E-state index contributed by atoms with van der Waals surface area (Å²) < 4.78 is 13.9. The predicted molar refractivity (Wildman–Crippen MR) is 72.2 cm³/mol. The summed E-state index contributed by atoms with van der Waals surface area (Å²) >= 11 is 3.03. The number of hydrogen-bond donors (Lipinski definition) is 2. The molecule has 4 nitrogen and oxygen atoms in total. The van der Waals surface area contributed by atoms with E-state index in [9.17, 15) is 14.0 Å². The molecule has 1 aromatic rings. The van der Waals surface area contributed by atoms with Crippen LogP contribution in [0.4, 0.5) is 4.39 Å². The van der Waals surface area contributed by atoms with Gasteiger partial charge in [-0.25, -0.2) is 4.39 Å². The van der Waals surface area contributed by atoms with E-state index in [4.69, 9.17) is 0 Å². The number of carbonyl (C=O) groups is 2. The van der Waals surface area contributed by atoms with Crippen LogP contribution in [0.25, 0.3) is 0 Å². The van der Waals surface area contributed by atoms with Crippen molar-refractivity contribution in [3.05, 3.63) is 34.1 Å². The Morgan fingerprint density at radius 3 is 2.63 bits per heavy atom. The van der Waals surface area contributed by atoms with Gasteiger partial charge in [-0.2, -0.15) is 0 Å². The Bertz CT molecular complexity index is 503. The van der Waals surface area contributed by atoms with Crippen LogP contribution in [-0.2, 0) is 4.79 Å². The first-order valence-electron chi connectivity index (χ1n) is 6.09. The van der Waals surface area contributed by atoms with Crippen LogP contribution in [0.2, 0.25) is 0 Å². The van der Waals surface area contributed by atoms with E-state index in [1.165, 1.54) is 12.1 Å². The van der Waals surface area contributed by atoms with Gasteiger partial charge >= 0.3 is 0 Å². The third kappa shape index (κ3) is 3.76. The number of rotatable bonds is 5. The lowest BCUT2D eigenvalue weighted by atomic mass is 10.2. The van der Waals surface area contributed by atoms with Crippen LogP contribution in [0.1, 0.15) is 23.2 Å². The fourth-order valence-corrected chi connectivity index (χ4v) is 1.99. The van der Waals surface area contributed by atoms with Crippen LogP contribution >= 0.6 is 15.9 Å². The molecule has 0 spiro atoms. The van der Waals surface area contributed by atoms with Gasteiger partial charge in [0.15, 0.2) is 0 Å². The topological polar surface area (TPSA) is 58.2 Å². The number of carbonyl (C=O) groups excluding carboxylic acids is 2. The molecular formula is C13H14BrFN2O2. The Morgan fingerprint density at radius 1 is 1.26 bits per heavy atom. The standard InChI is InChI=1S/C13H14BrFN2O2/c14-10-3-1-2-9(11(10)15)13(19)17-7-6-16-12(18)8-4-5-8/h1-3,8H,4-7H2,(H,16,18)(H,17,19). The summed E-state index contributed by atoms with van der Waals surface area (Å²) in [6.07, 6.45) is 1.89. The second kappa shape index (κ2) is 6.14. The molecule has 0 saturated heterocycles. The summed E-state index contributed by atoms with van der Waals surface area (Å²) in [5, 5.41) is 5.29. The molecule has 102 valence electrons. The molecule has 0 atom stereocenters. The average molecular weight is 329 g/mol. The number of nitrogens with one attached hydrogen (secondary N) is 2. The van der Waals surface area contributed by atoms with Crippen molar-refractivity contribution in [3.8, 4) is 0 Å². The lowest BCUT2D eigenvalue weighted by Gasteiger charge is -2.08. The largest absolute Gasteiger partial charge is 0.354 e. The lowest BCUT2D eigenvalue weighted by molar-refractivity contribution is -0.122. The molecule has 19 heavy (non-hydrogen) atoms. The molecular weight excluding hydrogens is 315 g/mol. The first kappa shape index (κ1) is 14.0. The summed E-state index contributed by atoms with van der Waals surface area (Å²) in [4.78, 5) is 23.1. The van der Waals surface area contributed by atoms with Gasteiger partial charge in [0.2, 0.25) is 5.91 Å². The minimum Gasteiger partial charge on any atom is -0.354 e. The van der Waals surface area contributed by atoms with Gasteiger partial charge in [0.05, 0.1) is 10.0 Å². The number of hydrogen-bond acceptors (Lipinski definition) is 2. The third-order valence-corrected chi connectivity index (χ3v) is 3.47. The van der Waals surface area contributed by atoms with E-state index in [-0.39, 0.29) is 28.4 Å². The van der Waals surface area contributed by atoms with Crippen molar-refractivity contribution in [2.45, 2.75) is 12.8 Å². The summed E-state index contributed by atoms with van der Waals surface area (Å²) in [6, 6.07) is 4.54. The van der Waals surface area contributed by atoms with Crippen molar-refractivity contribution < 1.29 is 14.0 Å². The number of halogens is 2. The van der Waals surface area contributed by atoms with Crippen LogP contribution in [0.5, 0.6) is 0 Å². The second-order valence-electron chi connectivity index (χ2n) is 4.42. The SMILES string of the molecule is O=C(NCCNC(=O)C1CC1)c1cccc(Br)c1F.